The van der Waals surface area contributed by atoms with Gasteiger partial charge in [-0.1, -0.05) is 11.6 Å². The number of fused-ring (bicyclic) bond motifs is 1. The molecule has 31 heavy (non-hydrogen) atoms. The van der Waals surface area contributed by atoms with Gasteiger partial charge >= 0.3 is 18.1 Å². The summed E-state index contributed by atoms with van der Waals surface area (Å²) < 4.78 is 49.4. The summed E-state index contributed by atoms with van der Waals surface area (Å²) in [6.45, 7) is 3.73. The summed E-state index contributed by atoms with van der Waals surface area (Å²) in [6.07, 6.45) is -1.30. The maximum absolute atomic E-state index is 12.1. The van der Waals surface area contributed by atoms with Crippen LogP contribution in [-0.2, 0) is 9.53 Å². The minimum absolute atomic E-state index is 0.223. The van der Waals surface area contributed by atoms with Crippen LogP contribution in [0.4, 0.5) is 13.2 Å². The predicted molar refractivity (Wildman–Crippen MR) is 109 cm³/mol. The van der Waals surface area contributed by atoms with Crippen LogP contribution in [-0.4, -0.2) is 42.2 Å². The quantitative estimate of drug-likeness (QED) is 0.525. The Morgan fingerprint density at radius 3 is 2.16 bits per heavy atom. The zero-order chi connectivity index (χ0) is 23.7. The summed E-state index contributed by atoms with van der Waals surface area (Å²) in [4.78, 5) is 21.0. The van der Waals surface area contributed by atoms with E-state index in [9.17, 15) is 18.0 Å². The van der Waals surface area contributed by atoms with E-state index in [4.69, 9.17) is 41.4 Å². The standard InChI is InChI=1S/C17H21BrClNO4.C2HF3O2/c1-8-11(16(21)22-3)12(18)13(19)15-14(8)23-17(2,24-15)9-4-6-10(20)7-5-9;3-2(4,5)1(6)7/h9-10H,4-7,20H2,1-3H3;(H,6,7)/t9-,10-,17?;. The van der Waals surface area contributed by atoms with Crippen molar-refractivity contribution in [2.24, 2.45) is 11.7 Å². The van der Waals surface area contributed by atoms with Crippen LogP contribution in [0.2, 0.25) is 5.02 Å². The Kier molecular flexibility index (Phi) is 7.76. The number of carbonyl (C=O) groups excluding carboxylic acids is 1. The Morgan fingerprint density at radius 2 is 1.71 bits per heavy atom. The Labute approximate surface area is 190 Å². The first-order valence-corrected chi connectivity index (χ1v) is 10.4. The Balaban J connectivity index is 0.000000423. The lowest BCUT2D eigenvalue weighted by atomic mass is 9.81. The Bertz CT molecular complexity index is 873. The molecule has 0 bridgehead atoms. The first kappa shape index (κ1) is 25.5. The largest absolute Gasteiger partial charge is 0.490 e. The van der Waals surface area contributed by atoms with Gasteiger partial charge in [-0.05, 0) is 48.5 Å². The molecule has 0 radical (unpaired) electrons. The van der Waals surface area contributed by atoms with Crippen molar-refractivity contribution in [1.82, 2.24) is 0 Å². The van der Waals surface area contributed by atoms with Gasteiger partial charge in [0, 0.05) is 24.4 Å². The molecule has 1 aromatic carbocycles. The Hall–Kier alpha value is -1.72. The van der Waals surface area contributed by atoms with Crippen molar-refractivity contribution in [2.45, 2.75) is 57.5 Å². The van der Waals surface area contributed by atoms with Gasteiger partial charge in [-0.2, -0.15) is 13.2 Å². The number of nitrogens with two attached hydrogens (primary N) is 1. The fraction of sp³-hybridized carbons (Fsp3) is 0.579. The number of esters is 1. The number of carboxylic acid groups (broad SMARTS) is 1. The fourth-order valence-electron chi connectivity index (χ4n) is 3.55. The van der Waals surface area contributed by atoms with Crippen molar-refractivity contribution in [1.29, 1.82) is 0 Å². The van der Waals surface area contributed by atoms with Crippen LogP contribution in [0.5, 0.6) is 11.5 Å². The van der Waals surface area contributed by atoms with Crippen molar-refractivity contribution >= 4 is 39.5 Å². The number of aliphatic carboxylic acids is 1. The van der Waals surface area contributed by atoms with Crippen molar-refractivity contribution < 1.29 is 42.1 Å². The molecule has 174 valence electrons. The molecule has 7 nitrogen and oxygen atoms in total. The molecule has 1 fully saturated rings. The van der Waals surface area contributed by atoms with Gasteiger partial charge in [-0.3, -0.25) is 0 Å². The van der Waals surface area contributed by atoms with Gasteiger partial charge in [-0.15, -0.1) is 0 Å². The van der Waals surface area contributed by atoms with Gasteiger partial charge in [0.05, 0.1) is 17.1 Å². The highest BCUT2D eigenvalue weighted by Gasteiger charge is 2.47. The van der Waals surface area contributed by atoms with Crippen LogP contribution in [0.3, 0.4) is 0 Å². The SMILES string of the molecule is COC(=O)c1c(C)c2c(c(Cl)c1Br)OC(C)([C@H]1CC[C@H](N)CC1)O2.O=C(O)C(F)(F)F. The van der Waals surface area contributed by atoms with E-state index < -0.39 is 23.9 Å². The number of benzene rings is 1. The van der Waals surface area contributed by atoms with E-state index in [1.54, 1.807) is 6.92 Å². The van der Waals surface area contributed by atoms with Gasteiger partial charge in [-0.25, -0.2) is 9.59 Å². The topological polar surface area (TPSA) is 108 Å². The van der Waals surface area contributed by atoms with E-state index >= 15 is 0 Å². The molecule has 1 heterocycles. The van der Waals surface area contributed by atoms with Crippen LogP contribution < -0.4 is 15.2 Å². The van der Waals surface area contributed by atoms with Gasteiger partial charge < -0.3 is 25.1 Å². The highest BCUT2D eigenvalue weighted by Crippen LogP contribution is 2.54. The second-order valence-electron chi connectivity index (χ2n) is 7.41. The third-order valence-corrected chi connectivity index (χ3v) is 6.67. The third-order valence-electron chi connectivity index (χ3n) is 5.29. The smallest absolute Gasteiger partial charge is 0.475 e. The van der Waals surface area contributed by atoms with E-state index in [-0.39, 0.29) is 12.0 Å². The van der Waals surface area contributed by atoms with E-state index in [0.717, 1.165) is 25.7 Å². The molecule has 0 aromatic heterocycles. The first-order chi connectivity index (χ1) is 14.2. The number of rotatable bonds is 2. The average Bonchev–Trinajstić information content (AvgIpc) is 3.06. The second-order valence-corrected chi connectivity index (χ2v) is 8.58. The van der Waals surface area contributed by atoms with Gasteiger partial charge in [0.25, 0.3) is 5.79 Å². The van der Waals surface area contributed by atoms with E-state index in [2.05, 4.69) is 15.9 Å². The van der Waals surface area contributed by atoms with Crippen LogP contribution >= 0.6 is 27.5 Å². The molecule has 3 N–H and O–H groups in total. The number of methoxy groups -OCH3 is 1. The molecule has 12 heteroatoms. The zero-order valence-electron chi connectivity index (χ0n) is 16.9. The highest BCUT2D eigenvalue weighted by atomic mass is 79.9. The molecule has 0 amide bonds. The fourth-order valence-corrected chi connectivity index (χ4v) is 4.41. The van der Waals surface area contributed by atoms with E-state index in [0.29, 0.717) is 32.1 Å². The van der Waals surface area contributed by atoms with Gasteiger partial charge in [0.15, 0.2) is 11.5 Å². The minimum Gasteiger partial charge on any atom is -0.475 e. The van der Waals surface area contributed by atoms with Gasteiger partial charge in [0.2, 0.25) is 0 Å². The average molecular weight is 533 g/mol. The molecule has 1 atom stereocenters. The first-order valence-electron chi connectivity index (χ1n) is 9.26. The van der Waals surface area contributed by atoms with Crippen LogP contribution in [0.25, 0.3) is 0 Å². The predicted octanol–water partition coefficient (Wildman–Crippen LogP) is 4.84. The summed E-state index contributed by atoms with van der Waals surface area (Å²) in [5, 5.41) is 7.45. The van der Waals surface area contributed by atoms with Crippen molar-refractivity contribution in [3.63, 3.8) is 0 Å². The van der Waals surface area contributed by atoms with Gasteiger partial charge in [0.1, 0.15) is 5.02 Å². The molecule has 2 aliphatic rings. The van der Waals surface area contributed by atoms with Crippen LogP contribution in [0.15, 0.2) is 4.47 Å². The number of hydrogen-bond acceptors (Lipinski definition) is 6. The molecule has 1 aliphatic heterocycles. The normalized spacial score (nSPS) is 24.8. The summed E-state index contributed by atoms with van der Waals surface area (Å²) in [5.41, 5.74) is 7.02. The minimum atomic E-state index is -5.08. The molecule has 1 aliphatic carbocycles. The number of carboxylic acids is 1. The molecular weight excluding hydrogens is 511 g/mol. The highest BCUT2D eigenvalue weighted by molar-refractivity contribution is 9.10. The Morgan fingerprint density at radius 1 is 1.23 bits per heavy atom. The lowest BCUT2D eigenvalue weighted by molar-refractivity contribution is -0.192. The van der Waals surface area contributed by atoms with E-state index in [1.807, 2.05) is 6.92 Å². The molecule has 3 rings (SSSR count). The lowest BCUT2D eigenvalue weighted by Crippen LogP contribution is -2.46. The number of halogens is 5. The summed E-state index contributed by atoms with van der Waals surface area (Å²) >= 11 is 9.81. The number of alkyl halides is 3. The summed E-state index contributed by atoms with van der Waals surface area (Å²) in [6, 6.07) is 0.249. The van der Waals surface area contributed by atoms with E-state index in [1.165, 1.54) is 7.11 Å². The molecule has 0 saturated heterocycles. The number of ether oxygens (including phenoxy) is 3. The number of carbonyl (C=O) groups is 2. The second kappa shape index (κ2) is 9.41. The lowest BCUT2D eigenvalue weighted by Gasteiger charge is -2.36. The molecule has 0 spiro atoms. The number of hydrogen-bond donors (Lipinski definition) is 2. The molecule has 1 unspecified atom stereocenters. The zero-order valence-corrected chi connectivity index (χ0v) is 19.3. The van der Waals surface area contributed by atoms with Crippen molar-refractivity contribution in [3.8, 4) is 11.5 Å². The molecular formula is C19H22BrClF3NO6. The third kappa shape index (κ3) is 5.38. The molecule has 1 aromatic rings. The van der Waals surface area contributed by atoms with Crippen LogP contribution in [0, 0.1) is 12.8 Å². The monoisotopic (exact) mass is 531 g/mol. The summed E-state index contributed by atoms with van der Waals surface area (Å²) in [7, 11) is 1.34. The maximum Gasteiger partial charge on any atom is 0.490 e. The summed E-state index contributed by atoms with van der Waals surface area (Å²) in [5.74, 6) is -2.81. The molecule has 1 saturated carbocycles. The van der Waals surface area contributed by atoms with Crippen molar-refractivity contribution in [2.75, 3.05) is 7.11 Å². The van der Waals surface area contributed by atoms with Crippen LogP contribution in [0.1, 0.15) is 48.5 Å². The van der Waals surface area contributed by atoms with Crippen molar-refractivity contribution in [3.05, 3.63) is 20.6 Å². The maximum atomic E-state index is 12.1.